The fourth-order valence-corrected chi connectivity index (χ4v) is 3.55. The average molecular weight is 465 g/mol. The lowest BCUT2D eigenvalue weighted by Gasteiger charge is -2.09. The van der Waals surface area contributed by atoms with Gasteiger partial charge in [-0.05, 0) is 67.0 Å². The molecule has 0 saturated carbocycles. The van der Waals surface area contributed by atoms with Crippen molar-refractivity contribution < 1.29 is 9.53 Å². The highest BCUT2D eigenvalue weighted by atomic mass is 35.5. The number of ether oxygens (including phenoxy) is 1. The Labute approximate surface area is 190 Å². The molecule has 2 aromatic carbocycles. The molecule has 0 fully saturated rings. The molecule has 1 amide bonds. The molecule has 158 valence electrons. The molecular formula is C21H22Cl2N4O2S. The molecule has 1 aromatic heterocycles. The summed E-state index contributed by atoms with van der Waals surface area (Å²) in [4.78, 5) is 12.2. The standard InChI is InChI=1S/C21H22Cl2N4O2S/c1-29-16-7-5-15(6-8-16)20-25-26-21(30)27(20)12-10-19(28)24-11-2-3-14-4-9-17(22)18(23)13-14/h4-9,13H,2-3,10-12H2,1H3,(H,24,28)(H,26,30). The molecule has 0 saturated heterocycles. The van der Waals surface area contributed by atoms with E-state index in [4.69, 9.17) is 40.2 Å². The molecule has 0 aliphatic carbocycles. The number of H-pyrrole nitrogens is 1. The Balaban J connectivity index is 1.49. The fraction of sp³-hybridized carbons (Fsp3) is 0.286. The molecular weight excluding hydrogens is 443 g/mol. The van der Waals surface area contributed by atoms with Crippen molar-refractivity contribution in [1.29, 1.82) is 0 Å². The summed E-state index contributed by atoms with van der Waals surface area (Å²) in [6.07, 6.45) is 1.93. The van der Waals surface area contributed by atoms with Crippen LogP contribution >= 0.6 is 35.4 Å². The number of aromatic nitrogens is 3. The lowest BCUT2D eigenvalue weighted by Crippen LogP contribution is -2.25. The lowest BCUT2D eigenvalue weighted by atomic mass is 10.1. The van der Waals surface area contributed by atoms with Crippen LogP contribution in [0.2, 0.25) is 10.0 Å². The zero-order valence-corrected chi connectivity index (χ0v) is 18.8. The number of halogens is 2. The van der Waals surface area contributed by atoms with Crippen molar-refractivity contribution in [3.8, 4) is 17.1 Å². The number of benzene rings is 2. The molecule has 0 atom stereocenters. The van der Waals surface area contributed by atoms with Crippen molar-refractivity contribution in [2.45, 2.75) is 25.8 Å². The van der Waals surface area contributed by atoms with Crippen LogP contribution in [0.1, 0.15) is 18.4 Å². The molecule has 0 aliphatic rings. The number of rotatable bonds is 9. The first-order valence-corrected chi connectivity index (χ1v) is 10.6. The van der Waals surface area contributed by atoms with Crippen molar-refractivity contribution in [3.05, 3.63) is 62.8 Å². The Hall–Kier alpha value is -2.35. The third-order valence-corrected chi connectivity index (χ3v) is 5.67. The summed E-state index contributed by atoms with van der Waals surface area (Å²) in [6, 6.07) is 13.1. The van der Waals surface area contributed by atoms with Gasteiger partial charge in [-0.3, -0.25) is 14.5 Å². The predicted molar refractivity (Wildman–Crippen MR) is 122 cm³/mol. The minimum atomic E-state index is -0.0343. The summed E-state index contributed by atoms with van der Waals surface area (Å²) in [5.41, 5.74) is 1.98. The third-order valence-electron chi connectivity index (χ3n) is 4.62. The maximum atomic E-state index is 12.2. The van der Waals surface area contributed by atoms with Crippen molar-refractivity contribution in [1.82, 2.24) is 20.1 Å². The van der Waals surface area contributed by atoms with Crippen LogP contribution in [0.3, 0.4) is 0 Å². The summed E-state index contributed by atoms with van der Waals surface area (Å²) in [5.74, 6) is 1.42. The molecule has 0 radical (unpaired) electrons. The number of amides is 1. The Morgan fingerprint density at radius 2 is 1.97 bits per heavy atom. The monoisotopic (exact) mass is 464 g/mol. The van der Waals surface area contributed by atoms with Gasteiger partial charge in [0.1, 0.15) is 5.75 Å². The zero-order chi connectivity index (χ0) is 21.5. The number of hydrogen-bond donors (Lipinski definition) is 2. The SMILES string of the molecule is COc1ccc(-c2n[nH]c(=S)n2CCC(=O)NCCCc2ccc(Cl)c(Cl)c2)cc1. The van der Waals surface area contributed by atoms with Gasteiger partial charge in [0.15, 0.2) is 10.6 Å². The normalized spacial score (nSPS) is 10.8. The maximum absolute atomic E-state index is 12.2. The van der Waals surface area contributed by atoms with Gasteiger partial charge in [0.25, 0.3) is 0 Å². The molecule has 2 N–H and O–H groups in total. The summed E-state index contributed by atoms with van der Waals surface area (Å²) in [5, 5.41) is 11.1. The largest absolute Gasteiger partial charge is 0.497 e. The van der Waals surface area contributed by atoms with Crippen molar-refractivity contribution >= 4 is 41.3 Å². The average Bonchev–Trinajstić information content (AvgIpc) is 3.12. The Morgan fingerprint density at radius 1 is 1.20 bits per heavy atom. The highest BCUT2D eigenvalue weighted by Crippen LogP contribution is 2.23. The number of carbonyl (C=O) groups is 1. The van der Waals surface area contributed by atoms with Gasteiger partial charge in [-0.2, -0.15) is 5.10 Å². The molecule has 0 aliphatic heterocycles. The van der Waals surface area contributed by atoms with Crippen LogP contribution in [0, 0.1) is 4.77 Å². The summed E-state index contributed by atoms with van der Waals surface area (Å²) in [6.45, 7) is 1.02. The molecule has 30 heavy (non-hydrogen) atoms. The van der Waals surface area contributed by atoms with Gasteiger partial charge in [-0.1, -0.05) is 29.3 Å². The lowest BCUT2D eigenvalue weighted by molar-refractivity contribution is -0.121. The molecule has 0 spiro atoms. The van der Waals surface area contributed by atoms with Crippen LogP contribution in [0.4, 0.5) is 0 Å². The van der Waals surface area contributed by atoms with Crippen LogP contribution in [-0.2, 0) is 17.8 Å². The molecule has 3 rings (SSSR count). The van der Waals surface area contributed by atoms with Gasteiger partial charge in [0.05, 0.1) is 17.2 Å². The van der Waals surface area contributed by atoms with E-state index in [0.717, 1.165) is 29.7 Å². The van der Waals surface area contributed by atoms with E-state index in [1.807, 2.05) is 41.0 Å². The van der Waals surface area contributed by atoms with Crippen molar-refractivity contribution in [2.24, 2.45) is 0 Å². The molecule has 1 heterocycles. The highest BCUT2D eigenvalue weighted by molar-refractivity contribution is 7.71. The van der Waals surface area contributed by atoms with Gasteiger partial charge < -0.3 is 10.1 Å². The smallest absolute Gasteiger partial charge is 0.221 e. The van der Waals surface area contributed by atoms with Crippen LogP contribution in [-0.4, -0.2) is 34.3 Å². The van der Waals surface area contributed by atoms with Crippen LogP contribution in [0.15, 0.2) is 42.5 Å². The second-order valence-corrected chi connectivity index (χ2v) is 7.89. The van der Waals surface area contributed by atoms with Gasteiger partial charge in [-0.15, -0.1) is 0 Å². The molecule has 3 aromatic rings. The predicted octanol–water partition coefficient (Wildman–Crippen LogP) is 5.06. The second kappa shape index (κ2) is 10.6. The Morgan fingerprint density at radius 3 is 2.67 bits per heavy atom. The van der Waals surface area contributed by atoms with Crippen molar-refractivity contribution in [2.75, 3.05) is 13.7 Å². The minimum absolute atomic E-state index is 0.0343. The summed E-state index contributed by atoms with van der Waals surface area (Å²) >= 11 is 17.3. The van der Waals surface area contributed by atoms with Crippen molar-refractivity contribution in [3.63, 3.8) is 0 Å². The first kappa shape index (κ1) is 22.3. The summed E-state index contributed by atoms with van der Waals surface area (Å²) < 4.78 is 7.49. The van der Waals surface area contributed by atoms with E-state index in [-0.39, 0.29) is 5.91 Å². The van der Waals surface area contributed by atoms with Gasteiger partial charge in [0, 0.05) is 25.1 Å². The number of nitrogens with one attached hydrogen (secondary N) is 2. The number of hydrogen-bond acceptors (Lipinski definition) is 4. The summed E-state index contributed by atoms with van der Waals surface area (Å²) in [7, 11) is 1.62. The first-order valence-electron chi connectivity index (χ1n) is 9.48. The number of carbonyl (C=O) groups excluding carboxylic acids is 1. The Bertz CT molecular complexity index is 1060. The molecule has 9 heteroatoms. The van der Waals surface area contributed by atoms with Crippen LogP contribution in [0.5, 0.6) is 5.75 Å². The number of aromatic amines is 1. The topological polar surface area (TPSA) is 71.9 Å². The number of aryl methyl sites for hydroxylation is 1. The minimum Gasteiger partial charge on any atom is -0.497 e. The second-order valence-electron chi connectivity index (χ2n) is 6.68. The van der Waals surface area contributed by atoms with E-state index < -0.39 is 0 Å². The van der Waals surface area contributed by atoms with Gasteiger partial charge in [-0.25, -0.2) is 0 Å². The maximum Gasteiger partial charge on any atom is 0.221 e. The Kier molecular flexibility index (Phi) is 7.90. The highest BCUT2D eigenvalue weighted by Gasteiger charge is 2.11. The third kappa shape index (κ3) is 5.84. The molecule has 0 bridgehead atoms. The van der Waals surface area contributed by atoms with Crippen LogP contribution in [0.25, 0.3) is 11.4 Å². The molecule has 0 unspecified atom stereocenters. The van der Waals surface area contributed by atoms with E-state index in [9.17, 15) is 4.79 Å². The van der Waals surface area contributed by atoms with Gasteiger partial charge in [0.2, 0.25) is 5.91 Å². The van der Waals surface area contributed by atoms with Crippen LogP contribution < -0.4 is 10.1 Å². The van der Waals surface area contributed by atoms with E-state index in [1.165, 1.54) is 0 Å². The number of methoxy groups -OCH3 is 1. The first-order chi connectivity index (χ1) is 14.5. The van der Waals surface area contributed by atoms with E-state index in [0.29, 0.717) is 40.2 Å². The fourth-order valence-electron chi connectivity index (χ4n) is 3.00. The van der Waals surface area contributed by atoms with E-state index >= 15 is 0 Å². The quantitative estimate of drug-likeness (QED) is 0.342. The van der Waals surface area contributed by atoms with E-state index in [2.05, 4.69) is 15.5 Å². The zero-order valence-electron chi connectivity index (χ0n) is 16.5. The molecule has 6 nitrogen and oxygen atoms in total. The number of nitrogens with zero attached hydrogens (tertiary/aromatic N) is 2. The van der Waals surface area contributed by atoms with E-state index in [1.54, 1.807) is 13.2 Å². The van der Waals surface area contributed by atoms with Gasteiger partial charge >= 0.3 is 0 Å².